The first-order valence-electron chi connectivity index (χ1n) is 7.91. The maximum atomic E-state index is 12.2. The number of aryl methyl sites for hydroxylation is 1. The second kappa shape index (κ2) is 7.49. The number of benzene rings is 2. The zero-order chi connectivity index (χ0) is 17.8. The predicted molar refractivity (Wildman–Crippen MR) is 105 cm³/mol. The Labute approximate surface area is 155 Å². The Kier molecular flexibility index (Phi) is 5.14. The summed E-state index contributed by atoms with van der Waals surface area (Å²) in [5, 5.41) is 7.44. The van der Waals surface area contributed by atoms with Crippen molar-refractivity contribution in [3.63, 3.8) is 0 Å². The van der Waals surface area contributed by atoms with Gasteiger partial charge in [-0.2, -0.15) is 5.10 Å². The van der Waals surface area contributed by atoms with Crippen molar-refractivity contribution in [3.8, 4) is 5.69 Å². The van der Waals surface area contributed by atoms with Gasteiger partial charge < -0.3 is 5.32 Å². The molecule has 5 heteroatoms. The van der Waals surface area contributed by atoms with Crippen molar-refractivity contribution in [1.82, 2.24) is 9.78 Å². The Morgan fingerprint density at radius 3 is 2.48 bits per heavy atom. The fourth-order valence-corrected chi connectivity index (χ4v) is 3.00. The van der Waals surface area contributed by atoms with E-state index >= 15 is 0 Å². The van der Waals surface area contributed by atoms with Crippen LogP contribution in [0.5, 0.6) is 0 Å². The third kappa shape index (κ3) is 3.88. The Hall–Kier alpha value is -2.66. The molecule has 0 aliphatic rings. The summed E-state index contributed by atoms with van der Waals surface area (Å²) in [7, 11) is 0. The Morgan fingerprint density at radius 2 is 1.76 bits per heavy atom. The van der Waals surface area contributed by atoms with Gasteiger partial charge in [-0.05, 0) is 60.1 Å². The molecule has 2 aromatic carbocycles. The van der Waals surface area contributed by atoms with Crippen molar-refractivity contribution >= 4 is 33.6 Å². The molecule has 0 aliphatic carbocycles. The molecule has 25 heavy (non-hydrogen) atoms. The number of carbonyl (C=O) groups excluding carboxylic acids is 1. The van der Waals surface area contributed by atoms with Crippen molar-refractivity contribution in [1.29, 1.82) is 0 Å². The van der Waals surface area contributed by atoms with Gasteiger partial charge >= 0.3 is 0 Å². The predicted octanol–water partition coefficient (Wildman–Crippen LogP) is 4.90. The molecule has 1 heterocycles. The molecule has 0 fully saturated rings. The molecule has 0 spiro atoms. The van der Waals surface area contributed by atoms with Gasteiger partial charge in [0, 0.05) is 21.8 Å². The lowest BCUT2D eigenvalue weighted by Gasteiger charge is -2.04. The van der Waals surface area contributed by atoms with Crippen LogP contribution < -0.4 is 5.32 Å². The third-order valence-corrected chi connectivity index (χ3v) is 4.57. The highest BCUT2D eigenvalue weighted by Crippen LogP contribution is 2.22. The van der Waals surface area contributed by atoms with Crippen LogP contribution >= 0.6 is 15.9 Å². The summed E-state index contributed by atoms with van der Waals surface area (Å²) < 4.78 is 2.74. The summed E-state index contributed by atoms with van der Waals surface area (Å²) >= 11 is 3.42. The zero-order valence-corrected chi connectivity index (χ0v) is 15.6. The molecule has 0 radical (unpaired) electrons. The van der Waals surface area contributed by atoms with Gasteiger partial charge in [0.1, 0.15) is 0 Å². The van der Waals surface area contributed by atoms with Crippen LogP contribution in [0.2, 0.25) is 0 Å². The number of aromatic nitrogens is 2. The first-order valence-corrected chi connectivity index (χ1v) is 8.71. The molecule has 0 saturated carbocycles. The van der Waals surface area contributed by atoms with Gasteiger partial charge in [-0.25, -0.2) is 4.68 Å². The standard InChI is InChI=1S/C20H18BrN3O/c1-14-17(15(2)24(23-14)16-8-4-3-5-9-16)12-13-20(25)22-19-11-7-6-10-18(19)21/h3-13H,1-2H3,(H,22,25)/b13-12+. The summed E-state index contributed by atoms with van der Waals surface area (Å²) in [4.78, 5) is 12.2. The molecular weight excluding hydrogens is 378 g/mol. The van der Waals surface area contributed by atoms with E-state index in [1.54, 1.807) is 0 Å². The molecule has 1 N–H and O–H groups in total. The monoisotopic (exact) mass is 395 g/mol. The largest absolute Gasteiger partial charge is 0.321 e. The lowest BCUT2D eigenvalue weighted by Crippen LogP contribution is -2.08. The van der Waals surface area contributed by atoms with Gasteiger partial charge in [-0.1, -0.05) is 30.3 Å². The molecule has 0 bridgehead atoms. The molecule has 0 saturated heterocycles. The summed E-state index contributed by atoms with van der Waals surface area (Å²) in [6, 6.07) is 17.5. The minimum atomic E-state index is -0.182. The van der Waals surface area contributed by atoms with E-state index < -0.39 is 0 Å². The van der Waals surface area contributed by atoms with E-state index in [0.717, 1.165) is 32.8 Å². The Bertz CT molecular complexity index is 929. The average Bonchev–Trinajstić information content (AvgIpc) is 2.90. The van der Waals surface area contributed by atoms with E-state index in [2.05, 4.69) is 26.3 Å². The highest BCUT2D eigenvalue weighted by molar-refractivity contribution is 9.10. The van der Waals surface area contributed by atoms with Crippen LogP contribution in [-0.2, 0) is 4.79 Å². The number of anilines is 1. The highest BCUT2D eigenvalue weighted by Gasteiger charge is 2.11. The van der Waals surface area contributed by atoms with Crippen LogP contribution in [0.15, 0.2) is 65.1 Å². The molecular formula is C20H18BrN3O. The smallest absolute Gasteiger partial charge is 0.248 e. The average molecular weight is 396 g/mol. The number of rotatable bonds is 4. The molecule has 0 atom stereocenters. The van der Waals surface area contributed by atoms with Crippen molar-refractivity contribution < 1.29 is 4.79 Å². The van der Waals surface area contributed by atoms with Crippen LogP contribution in [0, 0.1) is 13.8 Å². The van der Waals surface area contributed by atoms with E-state index in [1.165, 1.54) is 6.08 Å². The van der Waals surface area contributed by atoms with Crippen molar-refractivity contribution in [3.05, 3.63) is 82.1 Å². The van der Waals surface area contributed by atoms with Crippen LogP contribution in [-0.4, -0.2) is 15.7 Å². The minimum Gasteiger partial charge on any atom is -0.321 e. The second-order valence-corrected chi connectivity index (χ2v) is 6.49. The van der Waals surface area contributed by atoms with Crippen LogP contribution in [0.25, 0.3) is 11.8 Å². The number of nitrogens with one attached hydrogen (secondary N) is 1. The minimum absolute atomic E-state index is 0.182. The lowest BCUT2D eigenvalue weighted by atomic mass is 10.2. The summed E-state index contributed by atoms with van der Waals surface area (Å²) in [6.07, 6.45) is 3.34. The molecule has 4 nitrogen and oxygen atoms in total. The molecule has 126 valence electrons. The SMILES string of the molecule is Cc1nn(-c2ccccc2)c(C)c1/C=C/C(=O)Nc1ccccc1Br. The van der Waals surface area contributed by atoms with Crippen LogP contribution in [0.4, 0.5) is 5.69 Å². The summed E-state index contributed by atoms with van der Waals surface area (Å²) in [6.45, 7) is 3.94. The number of hydrogen-bond acceptors (Lipinski definition) is 2. The van der Waals surface area contributed by atoms with E-state index in [1.807, 2.05) is 79.2 Å². The number of para-hydroxylation sites is 2. The molecule has 1 aromatic heterocycles. The second-order valence-electron chi connectivity index (χ2n) is 5.63. The Morgan fingerprint density at radius 1 is 1.08 bits per heavy atom. The number of carbonyl (C=O) groups is 1. The fraction of sp³-hybridized carbons (Fsp3) is 0.100. The Balaban J connectivity index is 1.81. The van der Waals surface area contributed by atoms with Gasteiger partial charge in [0.15, 0.2) is 0 Å². The molecule has 1 amide bonds. The number of amides is 1. The van der Waals surface area contributed by atoms with Gasteiger partial charge in [0.25, 0.3) is 0 Å². The van der Waals surface area contributed by atoms with Gasteiger partial charge in [-0.15, -0.1) is 0 Å². The van der Waals surface area contributed by atoms with Crippen molar-refractivity contribution in [2.75, 3.05) is 5.32 Å². The first-order chi connectivity index (χ1) is 12.1. The van der Waals surface area contributed by atoms with Crippen molar-refractivity contribution in [2.24, 2.45) is 0 Å². The molecule has 3 aromatic rings. The van der Waals surface area contributed by atoms with Gasteiger partial charge in [0.05, 0.1) is 17.1 Å². The maximum absolute atomic E-state index is 12.2. The maximum Gasteiger partial charge on any atom is 0.248 e. The van der Waals surface area contributed by atoms with E-state index in [9.17, 15) is 4.79 Å². The van der Waals surface area contributed by atoms with Gasteiger partial charge in [0.2, 0.25) is 5.91 Å². The molecule has 0 aliphatic heterocycles. The lowest BCUT2D eigenvalue weighted by molar-refractivity contribution is -0.111. The molecule has 0 unspecified atom stereocenters. The quantitative estimate of drug-likeness (QED) is 0.638. The fourth-order valence-electron chi connectivity index (χ4n) is 2.61. The van der Waals surface area contributed by atoms with E-state index in [4.69, 9.17) is 0 Å². The van der Waals surface area contributed by atoms with Gasteiger partial charge in [-0.3, -0.25) is 4.79 Å². The van der Waals surface area contributed by atoms with E-state index in [-0.39, 0.29) is 5.91 Å². The van der Waals surface area contributed by atoms with Crippen LogP contribution in [0.1, 0.15) is 17.0 Å². The molecule has 3 rings (SSSR count). The highest BCUT2D eigenvalue weighted by atomic mass is 79.9. The first kappa shape index (κ1) is 17.2. The number of hydrogen-bond donors (Lipinski definition) is 1. The summed E-state index contributed by atoms with van der Waals surface area (Å²) in [5.74, 6) is -0.182. The third-order valence-electron chi connectivity index (χ3n) is 3.88. The summed E-state index contributed by atoms with van der Waals surface area (Å²) in [5.41, 5.74) is 4.57. The van der Waals surface area contributed by atoms with Crippen molar-refractivity contribution in [2.45, 2.75) is 13.8 Å². The number of halogens is 1. The van der Waals surface area contributed by atoms with Crippen LogP contribution in [0.3, 0.4) is 0 Å². The normalized spacial score (nSPS) is 11.0. The topological polar surface area (TPSA) is 46.9 Å². The van der Waals surface area contributed by atoms with E-state index in [0.29, 0.717) is 0 Å². The number of nitrogens with zero attached hydrogens (tertiary/aromatic N) is 2. The zero-order valence-electron chi connectivity index (χ0n) is 14.0.